The Hall–Kier alpha value is -2.26. The van der Waals surface area contributed by atoms with Crippen molar-refractivity contribution in [3.05, 3.63) is 75.1 Å². The lowest BCUT2D eigenvalue weighted by molar-refractivity contribution is 0.888. The maximum absolute atomic E-state index is 13.0. The maximum atomic E-state index is 13.0. The molecule has 2 aromatic carbocycles. The van der Waals surface area contributed by atoms with Crippen LogP contribution in [0.15, 0.2) is 66.0 Å². The van der Waals surface area contributed by atoms with Crippen LogP contribution in [-0.4, -0.2) is 21.3 Å². The molecule has 3 rings (SSSR count). The largest absolute Gasteiger partial charge is 0.358 e. The second-order valence-corrected chi connectivity index (χ2v) is 6.87. The third-order valence-corrected chi connectivity index (χ3v) is 4.39. The van der Waals surface area contributed by atoms with Gasteiger partial charge in [-0.3, -0.25) is 10.2 Å². The van der Waals surface area contributed by atoms with Gasteiger partial charge in [-0.25, -0.2) is 4.98 Å². The third kappa shape index (κ3) is 3.88. The summed E-state index contributed by atoms with van der Waals surface area (Å²) in [6.45, 7) is 4.14. The van der Waals surface area contributed by atoms with Crippen molar-refractivity contribution >= 4 is 50.8 Å². The van der Waals surface area contributed by atoms with Gasteiger partial charge in [-0.2, -0.15) is 4.68 Å². The molecule has 1 aromatic heterocycles. The Morgan fingerprint density at radius 1 is 1.28 bits per heavy atom. The SMILES string of the molecule is C=CCNC(=S)Nn1c(-c2ccccc2)nc2ccc(I)cc2c1=O. The molecule has 0 bridgehead atoms. The molecule has 0 atom stereocenters. The van der Waals surface area contributed by atoms with Gasteiger partial charge >= 0.3 is 0 Å². The molecule has 1 heterocycles. The molecule has 0 amide bonds. The van der Waals surface area contributed by atoms with E-state index < -0.39 is 0 Å². The number of hydrogen-bond donors (Lipinski definition) is 2. The summed E-state index contributed by atoms with van der Waals surface area (Å²) >= 11 is 7.43. The van der Waals surface area contributed by atoms with Crippen molar-refractivity contribution in [3.8, 4) is 11.4 Å². The molecule has 7 heteroatoms. The fourth-order valence-corrected chi connectivity index (χ4v) is 3.01. The van der Waals surface area contributed by atoms with Gasteiger partial charge in [0.05, 0.1) is 10.9 Å². The number of nitrogens with one attached hydrogen (secondary N) is 2. The van der Waals surface area contributed by atoms with Gasteiger partial charge in [-0.1, -0.05) is 36.4 Å². The standard InChI is InChI=1S/C18H15IN4OS/c1-2-10-20-18(25)22-23-16(12-6-4-3-5-7-12)21-15-9-8-13(19)11-14(15)17(23)24/h2-9,11H,1,10H2,(H2,20,22,25). The molecule has 2 N–H and O–H groups in total. The molecule has 3 aromatic rings. The van der Waals surface area contributed by atoms with E-state index in [1.54, 1.807) is 6.08 Å². The van der Waals surface area contributed by atoms with Gasteiger partial charge in [0.1, 0.15) is 0 Å². The van der Waals surface area contributed by atoms with E-state index in [0.717, 1.165) is 9.13 Å². The minimum absolute atomic E-state index is 0.204. The van der Waals surface area contributed by atoms with Gasteiger partial charge in [0.25, 0.3) is 5.56 Å². The molecule has 0 fully saturated rings. The van der Waals surface area contributed by atoms with Crippen molar-refractivity contribution in [1.29, 1.82) is 0 Å². The fraction of sp³-hybridized carbons (Fsp3) is 0.0556. The molecule has 0 unspecified atom stereocenters. The van der Waals surface area contributed by atoms with Crippen molar-refractivity contribution in [2.75, 3.05) is 12.0 Å². The van der Waals surface area contributed by atoms with Crippen LogP contribution >= 0.6 is 34.8 Å². The van der Waals surface area contributed by atoms with Crippen LogP contribution in [0.4, 0.5) is 0 Å². The Kier molecular flexibility index (Phi) is 5.44. The summed E-state index contributed by atoms with van der Waals surface area (Å²) in [5.41, 5.74) is 4.20. The van der Waals surface area contributed by atoms with E-state index in [9.17, 15) is 4.79 Å². The number of benzene rings is 2. The average Bonchev–Trinajstić information content (AvgIpc) is 2.63. The fourth-order valence-electron chi connectivity index (χ4n) is 2.35. The minimum Gasteiger partial charge on any atom is -0.358 e. The molecule has 25 heavy (non-hydrogen) atoms. The highest BCUT2D eigenvalue weighted by Crippen LogP contribution is 2.19. The summed E-state index contributed by atoms with van der Waals surface area (Å²) in [7, 11) is 0. The first-order valence-corrected chi connectivity index (χ1v) is 9.02. The smallest absolute Gasteiger partial charge is 0.280 e. The van der Waals surface area contributed by atoms with Crippen LogP contribution < -0.4 is 16.3 Å². The van der Waals surface area contributed by atoms with Gasteiger partial charge < -0.3 is 5.32 Å². The zero-order valence-corrected chi connectivity index (χ0v) is 16.2. The Morgan fingerprint density at radius 3 is 2.76 bits per heavy atom. The van der Waals surface area contributed by atoms with Crippen LogP contribution in [0.5, 0.6) is 0 Å². The van der Waals surface area contributed by atoms with Gasteiger partial charge in [0, 0.05) is 15.7 Å². The van der Waals surface area contributed by atoms with E-state index >= 15 is 0 Å². The van der Waals surface area contributed by atoms with E-state index in [1.807, 2.05) is 48.5 Å². The van der Waals surface area contributed by atoms with E-state index in [1.165, 1.54) is 4.68 Å². The molecule has 126 valence electrons. The first-order chi connectivity index (χ1) is 12.1. The Bertz CT molecular complexity index is 1000. The van der Waals surface area contributed by atoms with Gasteiger partial charge in [0.2, 0.25) is 0 Å². The van der Waals surface area contributed by atoms with Crippen LogP contribution in [0.25, 0.3) is 22.3 Å². The summed E-state index contributed by atoms with van der Waals surface area (Å²) in [6, 6.07) is 15.1. The highest BCUT2D eigenvalue weighted by atomic mass is 127. The summed E-state index contributed by atoms with van der Waals surface area (Å²) in [5, 5.41) is 3.82. The van der Waals surface area contributed by atoms with E-state index in [-0.39, 0.29) is 5.56 Å². The van der Waals surface area contributed by atoms with E-state index in [2.05, 4.69) is 44.9 Å². The number of rotatable bonds is 4. The maximum Gasteiger partial charge on any atom is 0.280 e. The number of thiocarbonyl (C=S) groups is 1. The Balaban J connectivity index is 2.19. The van der Waals surface area contributed by atoms with Crippen LogP contribution in [0.1, 0.15) is 0 Å². The topological polar surface area (TPSA) is 58.9 Å². The highest BCUT2D eigenvalue weighted by molar-refractivity contribution is 14.1. The molecular weight excluding hydrogens is 447 g/mol. The number of hydrogen-bond acceptors (Lipinski definition) is 3. The highest BCUT2D eigenvalue weighted by Gasteiger charge is 2.14. The molecule has 0 saturated carbocycles. The normalized spacial score (nSPS) is 10.4. The first-order valence-electron chi connectivity index (χ1n) is 7.53. The van der Waals surface area contributed by atoms with Gasteiger partial charge in [0.15, 0.2) is 10.9 Å². The van der Waals surface area contributed by atoms with Crippen molar-refractivity contribution in [3.63, 3.8) is 0 Å². The molecular formula is C18H15IN4OS. The van der Waals surface area contributed by atoms with Crippen molar-refractivity contribution in [1.82, 2.24) is 15.0 Å². The molecule has 5 nitrogen and oxygen atoms in total. The minimum atomic E-state index is -0.204. The van der Waals surface area contributed by atoms with Crippen molar-refractivity contribution in [2.45, 2.75) is 0 Å². The summed E-state index contributed by atoms with van der Waals surface area (Å²) in [6.07, 6.45) is 1.69. The van der Waals surface area contributed by atoms with Gasteiger partial charge in [-0.15, -0.1) is 6.58 Å². The zero-order valence-electron chi connectivity index (χ0n) is 13.2. The predicted molar refractivity (Wildman–Crippen MR) is 114 cm³/mol. The number of halogens is 1. The lowest BCUT2D eigenvalue weighted by Gasteiger charge is -2.16. The molecule has 0 saturated heterocycles. The van der Waals surface area contributed by atoms with Crippen molar-refractivity contribution in [2.24, 2.45) is 0 Å². The summed E-state index contributed by atoms with van der Waals surface area (Å²) in [5.74, 6) is 0.502. The van der Waals surface area contributed by atoms with Crippen molar-refractivity contribution < 1.29 is 0 Å². The van der Waals surface area contributed by atoms with E-state index in [0.29, 0.717) is 28.4 Å². The lowest BCUT2D eigenvalue weighted by Crippen LogP contribution is -2.40. The average molecular weight is 462 g/mol. The second kappa shape index (κ2) is 7.75. The predicted octanol–water partition coefficient (Wildman–Crippen LogP) is 3.27. The third-order valence-electron chi connectivity index (χ3n) is 3.48. The van der Waals surface area contributed by atoms with E-state index in [4.69, 9.17) is 12.2 Å². The van der Waals surface area contributed by atoms with Crippen LogP contribution in [0.3, 0.4) is 0 Å². The molecule has 0 aliphatic rings. The summed E-state index contributed by atoms with van der Waals surface area (Å²) in [4.78, 5) is 17.7. The number of nitrogens with zero attached hydrogens (tertiary/aromatic N) is 2. The monoisotopic (exact) mass is 462 g/mol. The quantitative estimate of drug-likeness (QED) is 0.354. The summed E-state index contributed by atoms with van der Waals surface area (Å²) < 4.78 is 2.35. The second-order valence-electron chi connectivity index (χ2n) is 5.21. The van der Waals surface area contributed by atoms with Crippen LogP contribution in [0.2, 0.25) is 0 Å². The lowest BCUT2D eigenvalue weighted by atomic mass is 10.2. The zero-order chi connectivity index (χ0) is 17.8. The van der Waals surface area contributed by atoms with Gasteiger partial charge in [-0.05, 0) is 53.0 Å². The number of aromatic nitrogens is 2. The number of fused-ring (bicyclic) bond motifs is 1. The molecule has 0 spiro atoms. The van der Waals surface area contributed by atoms with Crippen LogP contribution in [-0.2, 0) is 0 Å². The molecule has 0 radical (unpaired) electrons. The first kappa shape index (κ1) is 17.6. The molecule has 0 aliphatic carbocycles. The Morgan fingerprint density at radius 2 is 2.04 bits per heavy atom. The Labute approximate surface area is 163 Å². The molecule has 0 aliphatic heterocycles. The van der Waals surface area contributed by atoms with Crippen LogP contribution in [0, 0.1) is 3.57 Å².